The summed E-state index contributed by atoms with van der Waals surface area (Å²) in [6.07, 6.45) is 6.12. The molecule has 4 rings (SSSR count). The Balaban J connectivity index is 1.61. The van der Waals surface area contributed by atoms with Crippen molar-refractivity contribution in [2.75, 3.05) is 31.1 Å². The maximum Gasteiger partial charge on any atom is 0.129 e. The molecular formula is C17H23FN2. The molecule has 2 heterocycles. The highest BCUT2D eigenvalue weighted by atomic mass is 19.1. The first kappa shape index (κ1) is 12.6. The second kappa shape index (κ2) is 4.73. The largest absolute Gasteiger partial charge is 0.370 e. The van der Waals surface area contributed by atoms with Crippen LogP contribution in [0.25, 0.3) is 0 Å². The zero-order valence-electron chi connectivity index (χ0n) is 12.0. The maximum absolute atomic E-state index is 14.3. The minimum Gasteiger partial charge on any atom is -0.370 e. The van der Waals surface area contributed by atoms with Gasteiger partial charge in [0.1, 0.15) is 5.82 Å². The summed E-state index contributed by atoms with van der Waals surface area (Å²) in [6.45, 7) is 4.44. The molecular weight excluding hydrogens is 251 g/mol. The van der Waals surface area contributed by atoms with Gasteiger partial charge in [-0.15, -0.1) is 0 Å². The van der Waals surface area contributed by atoms with Crippen molar-refractivity contribution in [1.29, 1.82) is 0 Å². The number of anilines is 1. The maximum atomic E-state index is 14.3. The lowest BCUT2D eigenvalue weighted by molar-refractivity contribution is 0.252. The number of hydrogen-bond donors (Lipinski definition) is 1. The fourth-order valence-electron chi connectivity index (χ4n) is 4.38. The van der Waals surface area contributed by atoms with Crippen molar-refractivity contribution in [2.45, 2.75) is 37.5 Å². The molecule has 0 amide bonds. The molecule has 1 spiro atoms. The molecule has 0 atom stereocenters. The second-order valence-corrected chi connectivity index (χ2v) is 6.84. The average molecular weight is 274 g/mol. The van der Waals surface area contributed by atoms with Crippen LogP contribution in [-0.4, -0.2) is 26.2 Å². The molecule has 1 N–H and O–H groups in total. The normalized spacial score (nSPS) is 24.8. The van der Waals surface area contributed by atoms with Gasteiger partial charge in [0.05, 0.1) is 0 Å². The molecule has 0 aromatic heterocycles. The zero-order valence-corrected chi connectivity index (χ0v) is 12.0. The third kappa shape index (κ3) is 1.86. The van der Waals surface area contributed by atoms with Gasteiger partial charge in [-0.3, -0.25) is 0 Å². The number of halogens is 1. The highest BCUT2D eigenvalue weighted by Crippen LogP contribution is 2.53. The Morgan fingerprint density at radius 2 is 2.05 bits per heavy atom. The fourth-order valence-corrected chi connectivity index (χ4v) is 4.38. The van der Waals surface area contributed by atoms with Crippen molar-refractivity contribution in [1.82, 2.24) is 5.32 Å². The van der Waals surface area contributed by atoms with Crippen LogP contribution in [-0.2, 0) is 5.41 Å². The first-order valence-corrected chi connectivity index (χ1v) is 8.03. The predicted octanol–water partition coefficient (Wildman–Crippen LogP) is 3.07. The first-order chi connectivity index (χ1) is 9.78. The van der Waals surface area contributed by atoms with Gasteiger partial charge in [-0.25, -0.2) is 4.39 Å². The highest BCUT2D eigenvalue weighted by Gasteiger charge is 2.48. The lowest BCUT2D eigenvalue weighted by atomic mass is 9.65. The van der Waals surface area contributed by atoms with Gasteiger partial charge in [0.25, 0.3) is 0 Å². The van der Waals surface area contributed by atoms with Crippen LogP contribution in [0.15, 0.2) is 18.2 Å². The van der Waals surface area contributed by atoms with Crippen LogP contribution >= 0.6 is 0 Å². The van der Waals surface area contributed by atoms with Crippen molar-refractivity contribution in [3.63, 3.8) is 0 Å². The third-order valence-electron chi connectivity index (χ3n) is 5.60. The quantitative estimate of drug-likeness (QED) is 0.891. The lowest BCUT2D eigenvalue weighted by Gasteiger charge is -2.39. The molecule has 108 valence electrons. The van der Waals surface area contributed by atoms with Crippen molar-refractivity contribution in [2.24, 2.45) is 5.92 Å². The van der Waals surface area contributed by atoms with Gasteiger partial charge < -0.3 is 10.2 Å². The molecule has 0 radical (unpaired) electrons. The zero-order chi connectivity index (χ0) is 13.6. The van der Waals surface area contributed by atoms with E-state index in [1.807, 2.05) is 6.07 Å². The molecule has 20 heavy (non-hydrogen) atoms. The van der Waals surface area contributed by atoms with Crippen LogP contribution in [0.2, 0.25) is 0 Å². The average Bonchev–Trinajstić information content (AvgIpc) is 2.76. The summed E-state index contributed by atoms with van der Waals surface area (Å²) in [4.78, 5) is 2.48. The van der Waals surface area contributed by atoms with Gasteiger partial charge in [-0.05, 0) is 56.8 Å². The number of rotatable bonds is 2. The molecule has 1 saturated carbocycles. The monoisotopic (exact) mass is 274 g/mol. The molecule has 3 heteroatoms. The summed E-state index contributed by atoms with van der Waals surface area (Å²) in [5.41, 5.74) is 2.36. The Labute approximate surface area is 120 Å². The van der Waals surface area contributed by atoms with Gasteiger partial charge in [0.15, 0.2) is 0 Å². The van der Waals surface area contributed by atoms with Crippen molar-refractivity contribution in [3.05, 3.63) is 29.6 Å². The van der Waals surface area contributed by atoms with E-state index in [1.54, 1.807) is 6.07 Å². The summed E-state index contributed by atoms with van der Waals surface area (Å²) in [5, 5.41) is 3.43. The van der Waals surface area contributed by atoms with E-state index < -0.39 is 0 Å². The molecule has 1 aliphatic carbocycles. The van der Waals surface area contributed by atoms with Gasteiger partial charge in [0.2, 0.25) is 0 Å². The summed E-state index contributed by atoms with van der Waals surface area (Å²) in [5.74, 6) is 0.789. The molecule has 2 fully saturated rings. The third-order valence-corrected chi connectivity index (χ3v) is 5.60. The topological polar surface area (TPSA) is 15.3 Å². The van der Waals surface area contributed by atoms with Crippen molar-refractivity contribution < 1.29 is 4.39 Å². The SMILES string of the molecule is Fc1cccc2c1C1(CCC1)CN2CC1CCNCC1. The molecule has 1 aromatic rings. The van der Waals surface area contributed by atoms with Crippen LogP contribution in [0.4, 0.5) is 10.1 Å². The van der Waals surface area contributed by atoms with E-state index in [1.165, 1.54) is 37.8 Å². The Morgan fingerprint density at radius 3 is 2.75 bits per heavy atom. The molecule has 2 nitrogen and oxygen atoms in total. The Kier molecular flexibility index (Phi) is 2.99. The van der Waals surface area contributed by atoms with Crippen LogP contribution in [0, 0.1) is 11.7 Å². The standard InChI is InChI=1S/C17H23FN2/c18-14-3-1-4-15-16(14)17(7-2-8-17)12-20(15)11-13-5-9-19-10-6-13/h1,3-4,13,19H,2,5-12H2. The van der Waals surface area contributed by atoms with Gasteiger partial charge in [-0.2, -0.15) is 0 Å². The van der Waals surface area contributed by atoms with Gasteiger partial charge in [-0.1, -0.05) is 12.5 Å². The smallest absolute Gasteiger partial charge is 0.129 e. The van der Waals surface area contributed by atoms with Crippen molar-refractivity contribution in [3.8, 4) is 0 Å². The van der Waals surface area contributed by atoms with E-state index >= 15 is 0 Å². The van der Waals surface area contributed by atoms with Crippen LogP contribution in [0.1, 0.15) is 37.7 Å². The second-order valence-electron chi connectivity index (χ2n) is 6.84. The number of fused-ring (bicyclic) bond motifs is 2. The summed E-state index contributed by atoms with van der Waals surface area (Å²) >= 11 is 0. The summed E-state index contributed by atoms with van der Waals surface area (Å²) in [6, 6.07) is 5.65. The van der Waals surface area contributed by atoms with E-state index in [0.717, 1.165) is 37.7 Å². The molecule has 1 saturated heterocycles. The Bertz CT molecular complexity index is 504. The first-order valence-electron chi connectivity index (χ1n) is 8.03. The van der Waals surface area contributed by atoms with Crippen LogP contribution < -0.4 is 10.2 Å². The summed E-state index contributed by atoms with van der Waals surface area (Å²) in [7, 11) is 0. The molecule has 2 aliphatic heterocycles. The number of benzene rings is 1. The Hall–Kier alpha value is -1.09. The minimum absolute atomic E-state index is 0.0232. The van der Waals surface area contributed by atoms with E-state index in [-0.39, 0.29) is 11.2 Å². The number of nitrogens with zero attached hydrogens (tertiary/aromatic N) is 1. The highest BCUT2D eigenvalue weighted by molar-refractivity contribution is 5.64. The van der Waals surface area contributed by atoms with Crippen LogP contribution in [0.3, 0.4) is 0 Å². The van der Waals surface area contributed by atoms with E-state index in [4.69, 9.17) is 0 Å². The lowest BCUT2D eigenvalue weighted by Crippen LogP contribution is -2.42. The molecule has 1 aromatic carbocycles. The minimum atomic E-state index is 0.0232. The molecule has 3 aliphatic rings. The Morgan fingerprint density at radius 1 is 1.25 bits per heavy atom. The number of hydrogen-bond acceptors (Lipinski definition) is 2. The van der Waals surface area contributed by atoms with Crippen molar-refractivity contribution >= 4 is 5.69 Å². The van der Waals surface area contributed by atoms with E-state index in [9.17, 15) is 4.39 Å². The number of piperidine rings is 1. The molecule has 0 bridgehead atoms. The summed E-state index contributed by atoms with van der Waals surface area (Å²) < 4.78 is 14.3. The molecule has 0 unspecified atom stereocenters. The van der Waals surface area contributed by atoms with Crippen LogP contribution in [0.5, 0.6) is 0 Å². The van der Waals surface area contributed by atoms with Gasteiger partial charge in [0, 0.05) is 29.8 Å². The fraction of sp³-hybridized carbons (Fsp3) is 0.647. The predicted molar refractivity (Wildman–Crippen MR) is 79.7 cm³/mol. The van der Waals surface area contributed by atoms with E-state index in [2.05, 4.69) is 16.3 Å². The van der Waals surface area contributed by atoms with Gasteiger partial charge >= 0.3 is 0 Å². The number of nitrogens with one attached hydrogen (secondary N) is 1. The van der Waals surface area contributed by atoms with E-state index in [0.29, 0.717) is 0 Å².